The maximum atomic E-state index is 11.5. The molecule has 3 heterocycles. The molecule has 0 radical (unpaired) electrons. The number of nitrogens with one attached hydrogen (secondary N) is 1. The predicted molar refractivity (Wildman–Crippen MR) is 85.1 cm³/mol. The van der Waals surface area contributed by atoms with Crippen molar-refractivity contribution in [2.24, 2.45) is 0 Å². The first-order chi connectivity index (χ1) is 10.9. The first kappa shape index (κ1) is 15.5. The molecule has 0 aliphatic rings. The largest absolute Gasteiger partial charge is 0.480 e. The van der Waals surface area contributed by atoms with Crippen molar-refractivity contribution >= 4 is 38.4 Å². The first-order valence-electron chi connectivity index (χ1n) is 6.30. The zero-order chi connectivity index (χ0) is 16.6. The number of anilines is 1. The smallest absolute Gasteiger partial charge is 0.238 e. The van der Waals surface area contributed by atoms with E-state index in [0.717, 1.165) is 6.26 Å². The lowest BCUT2D eigenvalue weighted by Crippen LogP contribution is -2.11. The number of halogens is 1. The molecule has 3 aromatic rings. The molecular formula is C13H11ClN4O4S. The molecule has 8 nitrogen and oxygen atoms in total. The van der Waals surface area contributed by atoms with Crippen LogP contribution in [-0.4, -0.2) is 36.7 Å². The minimum Gasteiger partial charge on any atom is -0.480 e. The van der Waals surface area contributed by atoms with Crippen LogP contribution in [0.4, 0.5) is 5.69 Å². The summed E-state index contributed by atoms with van der Waals surface area (Å²) in [6.45, 7) is 0. The molecule has 0 fully saturated rings. The van der Waals surface area contributed by atoms with E-state index in [4.69, 9.17) is 20.8 Å². The van der Waals surface area contributed by atoms with E-state index in [1.54, 1.807) is 6.07 Å². The second-order valence-corrected chi connectivity index (χ2v) is 6.72. The maximum absolute atomic E-state index is 11.5. The van der Waals surface area contributed by atoms with Gasteiger partial charge in [-0.3, -0.25) is 4.72 Å². The van der Waals surface area contributed by atoms with Crippen LogP contribution in [0.15, 0.2) is 29.0 Å². The van der Waals surface area contributed by atoms with E-state index in [1.165, 1.54) is 25.6 Å². The Bertz CT molecular complexity index is 987. The zero-order valence-electron chi connectivity index (χ0n) is 12.1. The number of ether oxygens (including phenoxy) is 1. The number of aromatic nitrogens is 3. The Balaban J connectivity index is 2.19. The van der Waals surface area contributed by atoms with E-state index in [-0.39, 0.29) is 16.9 Å². The Hall–Kier alpha value is -2.39. The lowest BCUT2D eigenvalue weighted by atomic mass is 10.1. The number of fused-ring (bicyclic) bond motifs is 1. The standard InChI is InChI=1S/C13H11ClN4O4S/c1-21-12-9(18-23(2,19)20)5-7(6-15-12)10-11-8(3-4-22-11)16-13(14)17-10/h3-6,18H,1-2H3. The van der Waals surface area contributed by atoms with E-state index >= 15 is 0 Å². The number of methoxy groups -OCH3 is 1. The van der Waals surface area contributed by atoms with Crippen LogP contribution in [0.2, 0.25) is 5.28 Å². The average molecular weight is 355 g/mol. The van der Waals surface area contributed by atoms with Gasteiger partial charge in [0, 0.05) is 17.8 Å². The van der Waals surface area contributed by atoms with Crippen molar-refractivity contribution in [3.05, 3.63) is 29.9 Å². The van der Waals surface area contributed by atoms with Gasteiger partial charge in [-0.1, -0.05) is 0 Å². The van der Waals surface area contributed by atoms with Gasteiger partial charge in [0.25, 0.3) is 0 Å². The SMILES string of the molecule is COc1ncc(-c2nc(Cl)nc3ccoc23)cc1NS(C)(=O)=O. The number of sulfonamides is 1. The highest BCUT2D eigenvalue weighted by Gasteiger charge is 2.16. The summed E-state index contributed by atoms with van der Waals surface area (Å²) >= 11 is 5.91. The molecule has 0 saturated heterocycles. The maximum Gasteiger partial charge on any atom is 0.238 e. The molecule has 3 aromatic heterocycles. The van der Waals surface area contributed by atoms with Gasteiger partial charge < -0.3 is 9.15 Å². The Labute approximate surface area is 136 Å². The molecule has 0 bridgehead atoms. The monoisotopic (exact) mass is 354 g/mol. The van der Waals surface area contributed by atoms with Crippen molar-refractivity contribution in [2.45, 2.75) is 0 Å². The Morgan fingerprint density at radius 3 is 2.83 bits per heavy atom. The van der Waals surface area contributed by atoms with Gasteiger partial charge in [-0.05, 0) is 17.7 Å². The molecule has 0 atom stereocenters. The van der Waals surface area contributed by atoms with Crippen molar-refractivity contribution in [1.29, 1.82) is 0 Å². The van der Waals surface area contributed by atoms with E-state index in [1.807, 2.05) is 0 Å². The summed E-state index contributed by atoms with van der Waals surface area (Å²) in [5.74, 6) is 0.134. The van der Waals surface area contributed by atoms with E-state index in [9.17, 15) is 8.42 Å². The molecule has 1 N–H and O–H groups in total. The Kier molecular flexibility index (Phi) is 3.82. The van der Waals surface area contributed by atoms with Crippen molar-refractivity contribution < 1.29 is 17.6 Å². The van der Waals surface area contributed by atoms with Crippen LogP contribution in [0.1, 0.15) is 0 Å². The van der Waals surface area contributed by atoms with Crippen molar-refractivity contribution in [2.75, 3.05) is 18.1 Å². The Morgan fingerprint density at radius 1 is 1.35 bits per heavy atom. The van der Waals surface area contributed by atoms with Gasteiger partial charge in [-0.2, -0.15) is 0 Å². The summed E-state index contributed by atoms with van der Waals surface area (Å²) in [6.07, 6.45) is 3.98. The summed E-state index contributed by atoms with van der Waals surface area (Å²) in [7, 11) is -2.11. The third kappa shape index (κ3) is 3.20. The van der Waals surface area contributed by atoms with Crippen LogP contribution < -0.4 is 9.46 Å². The Morgan fingerprint density at radius 2 is 2.13 bits per heavy atom. The van der Waals surface area contributed by atoms with E-state index < -0.39 is 10.0 Å². The van der Waals surface area contributed by atoms with Crippen LogP contribution in [0.5, 0.6) is 5.88 Å². The second kappa shape index (κ2) is 5.67. The molecule has 0 aromatic carbocycles. The molecule has 23 heavy (non-hydrogen) atoms. The summed E-state index contributed by atoms with van der Waals surface area (Å²) in [5, 5.41) is 0.0438. The molecule has 10 heteroatoms. The van der Waals surface area contributed by atoms with Gasteiger partial charge >= 0.3 is 0 Å². The van der Waals surface area contributed by atoms with Gasteiger partial charge in [0.1, 0.15) is 16.9 Å². The quantitative estimate of drug-likeness (QED) is 0.716. The van der Waals surface area contributed by atoms with Gasteiger partial charge in [-0.25, -0.2) is 23.4 Å². The fraction of sp³-hybridized carbons (Fsp3) is 0.154. The molecule has 0 aliphatic heterocycles. The molecule has 0 unspecified atom stereocenters. The van der Waals surface area contributed by atoms with Gasteiger partial charge in [-0.15, -0.1) is 0 Å². The topological polar surface area (TPSA) is 107 Å². The number of pyridine rings is 1. The third-order valence-corrected chi connectivity index (χ3v) is 3.65. The molecule has 0 amide bonds. The van der Waals surface area contributed by atoms with Crippen LogP contribution in [0, 0.1) is 0 Å². The molecule has 0 saturated carbocycles. The van der Waals surface area contributed by atoms with Crippen molar-refractivity contribution in [3.8, 4) is 17.1 Å². The summed E-state index contributed by atoms with van der Waals surface area (Å²) < 4.78 is 35.7. The minimum atomic E-state index is -3.50. The van der Waals surface area contributed by atoms with E-state index in [2.05, 4.69) is 19.7 Å². The van der Waals surface area contributed by atoms with E-state index in [0.29, 0.717) is 22.4 Å². The predicted octanol–water partition coefficient (Wildman–Crippen LogP) is 2.32. The second-order valence-electron chi connectivity index (χ2n) is 4.63. The van der Waals surface area contributed by atoms with Crippen molar-refractivity contribution in [3.63, 3.8) is 0 Å². The lowest BCUT2D eigenvalue weighted by Gasteiger charge is -2.10. The number of nitrogens with zero attached hydrogens (tertiary/aromatic N) is 3. The average Bonchev–Trinajstić information content (AvgIpc) is 2.92. The van der Waals surface area contributed by atoms with Crippen LogP contribution in [0.3, 0.4) is 0 Å². The summed E-state index contributed by atoms with van der Waals surface area (Å²) in [6, 6.07) is 3.19. The first-order valence-corrected chi connectivity index (χ1v) is 8.57. The zero-order valence-corrected chi connectivity index (χ0v) is 13.6. The third-order valence-electron chi connectivity index (χ3n) is 2.89. The fourth-order valence-electron chi connectivity index (χ4n) is 2.05. The summed E-state index contributed by atoms with van der Waals surface area (Å²) in [4.78, 5) is 12.3. The molecule has 3 rings (SSSR count). The van der Waals surface area contributed by atoms with Gasteiger partial charge in [0.2, 0.25) is 21.2 Å². The van der Waals surface area contributed by atoms with Crippen LogP contribution >= 0.6 is 11.6 Å². The highest BCUT2D eigenvalue weighted by molar-refractivity contribution is 7.92. The summed E-state index contributed by atoms with van der Waals surface area (Å²) in [5.41, 5.74) is 2.04. The highest BCUT2D eigenvalue weighted by Crippen LogP contribution is 2.32. The number of hydrogen-bond donors (Lipinski definition) is 1. The molecular weight excluding hydrogens is 344 g/mol. The fourth-order valence-corrected chi connectivity index (χ4v) is 2.77. The number of rotatable bonds is 4. The minimum absolute atomic E-state index is 0.0438. The number of furan rings is 1. The van der Waals surface area contributed by atoms with Crippen LogP contribution in [-0.2, 0) is 10.0 Å². The number of hydrogen-bond acceptors (Lipinski definition) is 7. The lowest BCUT2D eigenvalue weighted by molar-refractivity contribution is 0.400. The van der Waals surface area contributed by atoms with Gasteiger partial charge in [0.15, 0.2) is 5.58 Å². The molecule has 0 aliphatic carbocycles. The van der Waals surface area contributed by atoms with Crippen LogP contribution in [0.25, 0.3) is 22.4 Å². The molecule has 0 spiro atoms. The van der Waals surface area contributed by atoms with Crippen molar-refractivity contribution in [1.82, 2.24) is 15.0 Å². The van der Waals surface area contributed by atoms with Gasteiger partial charge in [0.05, 0.1) is 19.6 Å². The highest BCUT2D eigenvalue weighted by atomic mass is 35.5. The normalized spacial score (nSPS) is 11.6. The molecule has 120 valence electrons.